The highest BCUT2D eigenvalue weighted by Gasteiger charge is 2.35. The maximum Gasteiger partial charge on any atom is 0.255 e. The number of piperidine rings is 3. The third-order valence-electron chi connectivity index (χ3n) is 17.9. The Labute approximate surface area is 561 Å². The van der Waals surface area contributed by atoms with Crippen molar-refractivity contribution in [3.63, 3.8) is 0 Å². The van der Waals surface area contributed by atoms with Crippen LogP contribution in [0.5, 0.6) is 0 Å². The molecule has 3 fully saturated rings. The molecule has 99 heavy (non-hydrogen) atoms. The van der Waals surface area contributed by atoms with E-state index in [4.69, 9.17) is 5.10 Å². The van der Waals surface area contributed by atoms with Crippen LogP contribution >= 0.6 is 0 Å². The Morgan fingerprint density at radius 3 is 1.21 bits per heavy atom. The zero-order valence-corrected chi connectivity index (χ0v) is 52.8. The van der Waals surface area contributed by atoms with E-state index in [0.29, 0.717) is 94.5 Å². The minimum Gasteiger partial charge on any atom is -0.388 e. The van der Waals surface area contributed by atoms with Gasteiger partial charge in [0.2, 0.25) is 5.91 Å². The smallest absolute Gasteiger partial charge is 0.255 e. The largest absolute Gasteiger partial charge is 0.388 e. The van der Waals surface area contributed by atoms with Gasteiger partial charge in [-0.05, 0) is 87.2 Å². The molecule has 6 aliphatic rings. The van der Waals surface area contributed by atoms with Crippen molar-refractivity contribution in [3.8, 4) is 69.0 Å². The number of aromatic nitrogens is 9. The maximum atomic E-state index is 14.8. The molecule has 502 valence electrons. The van der Waals surface area contributed by atoms with Gasteiger partial charge in [0.05, 0.1) is 145 Å². The Morgan fingerprint density at radius 1 is 0.525 bits per heavy atom. The highest BCUT2D eigenvalue weighted by atomic mass is 19.1. The second-order valence-corrected chi connectivity index (χ2v) is 24.1. The summed E-state index contributed by atoms with van der Waals surface area (Å²) in [5.74, 6) is -1.02. The minimum absolute atomic E-state index is 0.0445. The monoisotopic (exact) mass is 1350 g/mol. The molecule has 6 N–H and O–H groups in total. The first kappa shape index (κ1) is 65.7. The Kier molecular flexibility index (Phi) is 18.4. The molecule has 0 unspecified atom stereocenters. The van der Waals surface area contributed by atoms with Crippen LogP contribution in [0.4, 0.5) is 39.4 Å². The van der Waals surface area contributed by atoms with Gasteiger partial charge in [0.1, 0.15) is 42.0 Å². The van der Waals surface area contributed by atoms with E-state index >= 15 is 0 Å². The molecule has 0 radical (unpaired) electrons. The molecule has 0 bridgehead atoms. The number of carbonyl (C=O) groups is 4. The fourth-order valence-corrected chi connectivity index (χ4v) is 13.0. The van der Waals surface area contributed by atoms with Crippen LogP contribution in [0.3, 0.4) is 0 Å². The predicted octanol–water partition coefficient (Wildman–Crippen LogP) is 6.74. The van der Waals surface area contributed by atoms with Gasteiger partial charge in [-0.15, -0.1) is 0 Å². The van der Waals surface area contributed by atoms with Crippen molar-refractivity contribution in [2.75, 3.05) is 60.5 Å². The van der Waals surface area contributed by atoms with Crippen molar-refractivity contribution >= 4 is 41.1 Å². The number of fused-ring (bicyclic) bond motifs is 3. The molecule has 30 heteroatoms. The number of amides is 4. The molecular weight excluding hydrogens is 1290 g/mol. The van der Waals surface area contributed by atoms with Gasteiger partial charge in [-0.3, -0.25) is 19.2 Å². The van der Waals surface area contributed by atoms with Gasteiger partial charge < -0.3 is 46.2 Å². The Morgan fingerprint density at radius 2 is 0.879 bits per heavy atom. The molecule has 4 amide bonds. The summed E-state index contributed by atoms with van der Waals surface area (Å²) >= 11 is 0. The van der Waals surface area contributed by atoms with Crippen LogP contribution in [0.2, 0.25) is 0 Å². The topological polar surface area (TPSA) is 330 Å². The summed E-state index contributed by atoms with van der Waals surface area (Å²) in [6, 6.07) is 28.6. The van der Waals surface area contributed by atoms with Gasteiger partial charge in [-0.25, -0.2) is 50.9 Å². The number of alkyl halides is 2. The van der Waals surface area contributed by atoms with E-state index in [0.717, 1.165) is 19.4 Å². The molecule has 5 atom stereocenters. The molecule has 0 spiro atoms. The summed E-state index contributed by atoms with van der Waals surface area (Å²) < 4.78 is 75.8. The van der Waals surface area contributed by atoms with Crippen LogP contribution in [0.15, 0.2) is 110 Å². The molecule has 12 heterocycles. The van der Waals surface area contributed by atoms with Crippen molar-refractivity contribution in [1.82, 2.24) is 65.6 Å². The molecule has 15 rings (SSSR count). The highest BCUT2D eigenvalue weighted by molar-refractivity contribution is 6.03. The van der Waals surface area contributed by atoms with Crippen molar-refractivity contribution in [3.05, 3.63) is 178 Å². The maximum absolute atomic E-state index is 14.8. The van der Waals surface area contributed by atoms with E-state index in [1.54, 1.807) is 51.3 Å². The molecule has 6 aromatic heterocycles. The van der Waals surface area contributed by atoms with Crippen molar-refractivity contribution < 1.29 is 51.3 Å². The number of halogens is 5. The van der Waals surface area contributed by atoms with Crippen molar-refractivity contribution in [1.29, 1.82) is 15.8 Å². The fraction of sp³-hybridized carbons (Fsp3) is 0.290. The number of aliphatic hydroxyl groups is 2. The number of pyridine rings is 3. The van der Waals surface area contributed by atoms with Gasteiger partial charge in [-0.2, -0.15) is 31.1 Å². The highest BCUT2D eigenvalue weighted by Crippen LogP contribution is 2.37. The Hall–Kier alpha value is -11.9. The van der Waals surface area contributed by atoms with E-state index in [2.05, 4.69) is 51.3 Å². The minimum atomic E-state index is -1.27. The van der Waals surface area contributed by atoms with E-state index in [1.807, 2.05) is 31.2 Å². The molecule has 3 aromatic carbocycles. The van der Waals surface area contributed by atoms with Gasteiger partial charge in [0, 0.05) is 82.6 Å². The molecule has 3 saturated heterocycles. The number of nitrogens with zero attached hydrogens (tertiary/aromatic N) is 15. The molecule has 25 nitrogen and oxygen atoms in total. The number of nitriles is 3. The summed E-state index contributed by atoms with van der Waals surface area (Å²) in [5.41, 5.74) is 4.89. The fourth-order valence-electron chi connectivity index (χ4n) is 13.0. The normalized spacial score (nSPS) is 19.0. The Balaban J connectivity index is 0.000000134. The van der Waals surface area contributed by atoms with E-state index in [9.17, 15) is 67.1 Å². The van der Waals surface area contributed by atoms with Gasteiger partial charge in [0.25, 0.3) is 17.7 Å². The SMILES string of the molecule is CCNC(=O)[C@@H]1CCCN(c2ccn(-c3cc(-c4c(F)cccc4C#N)nc4c3C(=O)NC4)n2)C1.N#Cc1cccc(F)c1-c1cc(-n2ccc(N3CC[C@@H](F)[C@@H](O)C3)n2)c2c(n1)CNC2=O.N#Cc1cccc(F)c1-c1cc(-n2ccc(N3CC[C@H](F)[C@H](O)C3)n2)c2c(n1)CNC2=O. The summed E-state index contributed by atoms with van der Waals surface area (Å²) in [7, 11) is 0. The van der Waals surface area contributed by atoms with Crippen LogP contribution in [0.1, 0.15) is 97.5 Å². The number of carbonyl (C=O) groups excluding carboxylic acids is 4. The first-order chi connectivity index (χ1) is 47.9. The number of β-amino-alcohol motifs (C(OH)–C–C–N with tert-alkyl or cyclic N) is 2. The number of hydrogen-bond acceptors (Lipinski definition) is 18. The summed E-state index contributed by atoms with van der Waals surface area (Å²) in [6.45, 7) is 5.41. The molecule has 0 saturated carbocycles. The van der Waals surface area contributed by atoms with Crippen LogP contribution in [0, 0.1) is 57.4 Å². The standard InChI is InChI=1S/C25H24FN7O2.2C22H18F2N6O2/c1-2-28-24(34)16-6-4-9-32(14-16)21-8-10-33(31-21)20-11-18(30-19-13-29-25(35)23(19)20)22-15(12-27)5-3-7-17(22)26;2*23-13-4-6-29(11-18(13)31)19-5-7-30(28-19)17-8-15(27-16-10-26-22(32)21(16)17)20-12(9-25)2-1-3-14(20)24/h3,5,7-8,10-11,16H,2,4,6,9,13-14H2,1H3,(H,28,34)(H,29,35);2*1-3,5,7-8,13,18,31H,4,6,10-11H2,(H,26,32)/t16-;2*13-,18+/m110/s1. The van der Waals surface area contributed by atoms with Crippen LogP contribution in [-0.4, -0.2) is 148 Å². The number of benzene rings is 3. The third-order valence-corrected chi connectivity index (χ3v) is 17.9. The zero-order valence-electron chi connectivity index (χ0n) is 52.8. The van der Waals surface area contributed by atoms with E-state index < -0.39 is 42.0 Å². The quantitative estimate of drug-likeness (QED) is 0.0730. The summed E-state index contributed by atoms with van der Waals surface area (Å²) in [5, 5.41) is 72.9. The van der Waals surface area contributed by atoms with Crippen molar-refractivity contribution in [2.45, 2.75) is 76.8 Å². The lowest BCUT2D eigenvalue weighted by atomic mass is 9.97. The lowest BCUT2D eigenvalue weighted by molar-refractivity contribution is -0.125. The van der Waals surface area contributed by atoms with Crippen LogP contribution in [-0.2, 0) is 24.4 Å². The number of aliphatic hydroxyl groups excluding tert-OH is 2. The number of nitrogens with one attached hydrogen (secondary N) is 4. The third kappa shape index (κ3) is 12.9. The molecular formula is C69H60F5N19O6. The lowest BCUT2D eigenvalue weighted by Gasteiger charge is -2.32. The van der Waals surface area contributed by atoms with Gasteiger partial charge in [-0.1, -0.05) is 18.2 Å². The number of anilines is 3. The van der Waals surface area contributed by atoms with Crippen LogP contribution < -0.4 is 36.0 Å². The average molecular weight is 1350 g/mol. The van der Waals surface area contributed by atoms with E-state index in [-0.39, 0.29) is 126 Å². The zero-order chi connectivity index (χ0) is 69.3. The second kappa shape index (κ2) is 27.7. The molecule has 0 aliphatic carbocycles. The second-order valence-electron chi connectivity index (χ2n) is 24.1. The first-order valence-electron chi connectivity index (χ1n) is 31.8. The first-order valence-corrected chi connectivity index (χ1v) is 31.8. The predicted molar refractivity (Wildman–Crippen MR) is 347 cm³/mol. The van der Waals surface area contributed by atoms with E-state index in [1.165, 1.54) is 76.1 Å². The lowest BCUT2D eigenvalue weighted by Crippen LogP contribution is -2.45. The number of hydrogen-bond donors (Lipinski definition) is 6. The molecule has 6 aliphatic heterocycles. The van der Waals surface area contributed by atoms with Gasteiger partial charge in [0.15, 0.2) is 17.5 Å². The van der Waals surface area contributed by atoms with Crippen LogP contribution in [0.25, 0.3) is 50.8 Å². The van der Waals surface area contributed by atoms with Crippen molar-refractivity contribution in [2.24, 2.45) is 5.92 Å². The summed E-state index contributed by atoms with van der Waals surface area (Å²) in [4.78, 5) is 68.9. The Bertz CT molecular complexity index is 4650. The average Bonchev–Trinajstić information content (AvgIpc) is 1.69. The number of rotatable bonds is 11. The summed E-state index contributed by atoms with van der Waals surface area (Å²) in [6.07, 6.45) is 2.37. The van der Waals surface area contributed by atoms with Gasteiger partial charge >= 0.3 is 0 Å². The molecule has 9 aromatic rings.